The van der Waals surface area contributed by atoms with Crippen molar-refractivity contribution in [3.63, 3.8) is 0 Å². The molecule has 0 bridgehead atoms. The molecule has 2 saturated heterocycles. The van der Waals surface area contributed by atoms with E-state index >= 15 is 0 Å². The molecule has 250 valence electrons. The first kappa shape index (κ1) is 38.4. The fraction of sp³-hybridized carbons (Fsp3) is 0.286. The van der Waals surface area contributed by atoms with Gasteiger partial charge >= 0.3 is 11.9 Å². The third kappa shape index (κ3) is 5.61. The fourth-order valence-electron chi connectivity index (χ4n) is 5.75. The molecule has 0 aromatic heterocycles. The number of halogens is 2. The maximum Gasteiger partial charge on any atom is 0.323 e. The number of fused-ring (bicyclic) bond motifs is 4. The Hall–Kier alpha value is -4.05. The maximum atomic E-state index is 12.8. The summed E-state index contributed by atoms with van der Waals surface area (Å²) in [5.74, 6) is -5.78. The summed E-state index contributed by atoms with van der Waals surface area (Å²) in [7, 11) is 0. The van der Waals surface area contributed by atoms with Crippen LogP contribution in [0.5, 0.6) is 0 Å². The second-order valence-electron chi connectivity index (χ2n) is 10.2. The number of amides is 8. The van der Waals surface area contributed by atoms with E-state index in [1.807, 2.05) is 0 Å². The summed E-state index contributed by atoms with van der Waals surface area (Å²) in [6.07, 6.45) is 0. The first-order chi connectivity index (χ1) is 21.6. The van der Waals surface area contributed by atoms with Gasteiger partial charge in [-0.25, -0.2) is 0 Å². The molecule has 8 amide bonds. The molecule has 2 radical (unpaired) electrons. The Balaban J connectivity index is 0.000000250. The smallest absolute Gasteiger partial charge is 0.323 e. The number of benzene rings is 2. The summed E-state index contributed by atoms with van der Waals surface area (Å²) in [5.41, 5.74) is -3.45. The van der Waals surface area contributed by atoms with Crippen LogP contribution in [0.1, 0.15) is 25.0 Å². The van der Waals surface area contributed by atoms with Crippen molar-refractivity contribution in [3.05, 3.63) is 68.2 Å². The van der Waals surface area contributed by atoms with Gasteiger partial charge in [0.25, 0.3) is 0 Å². The predicted molar refractivity (Wildman–Crippen MR) is 159 cm³/mol. The van der Waals surface area contributed by atoms with Crippen molar-refractivity contribution < 1.29 is 85.7 Å². The minimum absolute atomic E-state index is 0. The molecule has 4 heterocycles. The van der Waals surface area contributed by atoms with Crippen LogP contribution < -0.4 is 9.80 Å². The van der Waals surface area contributed by atoms with Gasteiger partial charge in [-0.05, 0) is 60.6 Å². The summed E-state index contributed by atoms with van der Waals surface area (Å²) in [6, 6.07) is 6.91. The standard InChI is InChI=1S/2C14H12ClN3O5.2V/c2*1-2-17-11(21)14(16-13(17)23)8-5-7(15)3-4-9(8)18(12(14)22)6-10(19)20;;/h2*3-5H,2,6H2,1H3,(H2,16,19,20,23);;/p-2/t2*14-;;/m10../s1. The van der Waals surface area contributed by atoms with Gasteiger partial charge in [0.15, 0.2) is 23.9 Å². The summed E-state index contributed by atoms with van der Waals surface area (Å²) >= 11 is 11.9. The van der Waals surface area contributed by atoms with Crippen LogP contribution in [-0.2, 0) is 77.0 Å². The average Bonchev–Trinajstić information content (AvgIpc) is 3.57. The molecule has 2 aromatic carbocycles. The van der Waals surface area contributed by atoms with Crippen LogP contribution in [0.15, 0.2) is 36.4 Å². The van der Waals surface area contributed by atoms with Crippen molar-refractivity contribution in [2.45, 2.75) is 24.9 Å². The Bertz CT molecular complexity index is 1670. The number of hydrogen-bond acceptors (Lipinski definition) is 8. The van der Waals surface area contributed by atoms with E-state index in [2.05, 4.69) is 10.6 Å². The molecule has 2 fully saturated rings. The molecule has 6 rings (SSSR count). The Labute approximate surface area is 305 Å². The molecule has 48 heavy (non-hydrogen) atoms. The van der Waals surface area contributed by atoms with E-state index in [1.54, 1.807) is 13.8 Å². The van der Waals surface area contributed by atoms with Gasteiger partial charge in [0.2, 0.25) is 11.8 Å². The van der Waals surface area contributed by atoms with Crippen LogP contribution in [0.25, 0.3) is 10.6 Å². The monoisotopic (exact) mass is 774 g/mol. The SMILES string of the molecule is CCN1C(=O)[N-][C@@]2(C1=O)C(=O)N(CC(=O)O)c1ccc(Cl)cc12.CCN1C(=O)[N-][C@]2(C1=O)C(=O)N(CC(=O)O)c1ccc(Cl)cc12.[V].[V]. The molecule has 2 aromatic rings. The van der Waals surface area contributed by atoms with Crippen LogP contribution in [0, 0.1) is 0 Å². The minimum Gasteiger partial charge on any atom is -0.480 e. The van der Waals surface area contributed by atoms with Crippen molar-refractivity contribution in [2.24, 2.45) is 0 Å². The van der Waals surface area contributed by atoms with Crippen LogP contribution in [0.3, 0.4) is 0 Å². The number of carboxylic acids is 2. The molecule has 2 N–H and O–H groups in total. The van der Waals surface area contributed by atoms with Gasteiger partial charge in [-0.1, -0.05) is 37.0 Å². The van der Waals surface area contributed by atoms with E-state index in [0.29, 0.717) is 0 Å². The third-order valence-electron chi connectivity index (χ3n) is 7.70. The van der Waals surface area contributed by atoms with E-state index in [0.717, 1.165) is 19.6 Å². The number of anilines is 2. The second-order valence-corrected chi connectivity index (χ2v) is 11.1. The zero-order valence-electron chi connectivity index (χ0n) is 24.8. The van der Waals surface area contributed by atoms with Crippen LogP contribution in [0.2, 0.25) is 10.0 Å². The van der Waals surface area contributed by atoms with Gasteiger partial charge in [-0.15, -0.1) is 0 Å². The molecule has 20 heteroatoms. The number of rotatable bonds is 6. The number of urea groups is 2. The van der Waals surface area contributed by atoms with Gasteiger partial charge in [-0.3, -0.25) is 48.2 Å². The number of carbonyl (C=O) groups is 8. The van der Waals surface area contributed by atoms with Crippen molar-refractivity contribution in [2.75, 3.05) is 36.0 Å². The van der Waals surface area contributed by atoms with Gasteiger partial charge in [0, 0.05) is 58.5 Å². The number of carbonyl (C=O) groups excluding carboxylic acids is 6. The molecule has 2 atom stereocenters. The van der Waals surface area contributed by atoms with Gasteiger partial charge in [-0.2, -0.15) is 0 Å². The van der Waals surface area contributed by atoms with Gasteiger partial charge < -0.3 is 30.6 Å². The molecular weight excluding hydrogens is 753 g/mol. The number of aliphatic carboxylic acids is 2. The van der Waals surface area contributed by atoms with E-state index in [1.165, 1.54) is 36.4 Å². The molecule has 0 aliphatic carbocycles. The number of likely N-dealkylation sites (N-methyl/N-ethyl adjacent to an activating group) is 2. The van der Waals surface area contributed by atoms with Crippen molar-refractivity contribution in [1.29, 1.82) is 0 Å². The van der Waals surface area contributed by atoms with E-state index in [-0.39, 0.29) is 82.7 Å². The fourth-order valence-corrected chi connectivity index (χ4v) is 6.09. The first-order valence-corrected chi connectivity index (χ1v) is 14.3. The van der Waals surface area contributed by atoms with Crippen molar-refractivity contribution >= 4 is 82.2 Å². The van der Waals surface area contributed by atoms with Crippen LogP contribution in [-0.4, -0.2) is 93.8 Å². The Kier molecular flexibility index (Phi) is 11.1. The topological polar surface area (TPSA) is 218 Å². The molecule has 4 aliphatic heterocycles. The molecule has 16 nitrogen and oxygen atoms in total. The largest absolute Gasteiger partial charge is 0.480 e. The van der Waals surface area contributed by atoms with E-state index < -0.39 is 71.8 Å². The van der Waals surface area contributed by atoms with Crippen molar-refractivity contribution in [3.8, 4) is 0 Å². The minimum atomic E-state index is -2.07. The summed E-state index contributed by atoms with van der Waals surface area (Å²) in [5, 5.41) is 26.0. The van der Waals surface area contributed by atoms with Gasteiger partial charge in [0.05, 0.1) is 0 Å². The zero-order chi connectivity index (χ0) is 33.9. The Morgan fingerprint density at radius 3 is 1.21 bits per heavy atom. The Morgan fingerprint density at radius 2 is 0.938 bits per heavy atom. The first-order valence-electron chi connectivity index (χ1n) is 13.5. The average molecular weight is 775 g/mol. The number of carboxylic acid groups (broad SMARTS) is 2. The molecule has 2 spiro atoms. The van der Waals surface area contributed by atoms with E-state index in [4.69, 9.17) is 33.4 Å². The van der Waals surface area contributed by atoms with Crippen molar-refractivity contribution in [1.82, 2.24) is 9.80 Å². The van der Waals surface area contributed by atoms with Gasteiger partial charge in [0.1, 0.15) is 24.2 Å². The Morgan fingerprint density at radius 1 is 0.625 bits per heavy atom. The summed E-state index contributed by atoms with van der Waals surface area (Å²) in [4.78, 5) is 100. The molecular formula is C28H22Cl2N6O10V2-2. The number of nitrogens with zero attached hydrogens (tertiary/aromatic N) is 6. The maximum absolute atomic E-state index is 12.8. The number of hydrogen-bond donors (Lipinski definition) is 2. The molecule has 0 saturated carbocycles. The van der Waals surface area contributed by atoms with Crippen LogP contribution in [0.4, 0.5) is 21.0 Å². The normalized spacial score (nSPS) is 21.8. The third-order valence-corrected chi connectivity index (χ3v) is 8.17. The quantitative estimate of drug-likeness (QED) is 0.323. The summed E-state index contributed by atoms with van der Waals surface area (Å²) < 4.78 is 0. The van der Waals surface area contributed by atoms with E-state index in [9.17, 15) is 38.4 Å². The zero-order valence-corrected chi connectivity index (χ0v) is 29.1. The predicted octanol–water partition coefficient (Wildman–Crippen LogP) is 2.64. The van der Waals surface area contributed by atoms with Crippen LogP contribution >= 0.6 is 23.2 Å². The molecule has 0 unspecified atom stereocenters. The number of imide groups is 2. The molecule has 4 aliphatic rings. The summed E-state index contributed by atoms with van der Waals surface area (Å²) in [6.45, 7) is 2.00. The second kappa shape index (κ2) is 13.8.